The maximum absolute atomic E-state index is 4.65. The predicted molar refractivity (Wildman–Crippen MR) is 105 cm³/mol. The molecular formula is C19H21N3S2. The molecular weight excluding hydrogens is 334 g/mol. The lowest BCUT2D eigenvalue weighted by atomic mass is 10.0. The molecule has 0 saturated heterocycles. The van der Waals surface area contributed by atoms with Crippen LogP contribution in [-0.2, 0) is 0 Å². The molecule has 0 atom stereocenters. The van der Waals surface area contributed by atoms with Gasteiger partial charge in [-0.15, -0.1) is 11.8 Å². The Labute approximate surface area is 152 Å². The Balaban J connectivity index is 1.82. The third-order valence-corrected chi connectivity index (χ3v) is 5.60. The molecule has 2 heterocycles. The summed E-state index contributed by atoms with van der Waals surface area (Å²) < 4.78 is 0. The van der Waals surface area contributed by atoms with E-state index in [1.54, 1.807) is 23.5 Å². The molecule has 124 valence electrons. The summed E-state index contributed by atoms with van der Waals surface area (Å²) in [7, 11) is 0. The largest absolute Gasteiger partial charge is 0.346 e. The van der Waals surface area contributed by atoms with Gasteiger partial charge in [0.2, 0.25) is 0 Å². The van der Waals surface area contributed by atoms with E-state index in [2.05, 4.69) is 64.9 Å². The number of nitrogens with one attached hydrogen (secondary N) is 1. The molecule has 1 aliphatic heterocycles. The summed E-state index contributed by atoms with van der Waals surface area (Å²) in [5.74, 6) is 3.07. The number of hydrogen-bond acceptors (Lipinski definition) is 4. The first-order valence-electron chi connectivity index (χ1n) is 7.97. The van der Waals surface area contributed by atoms with Crippen LogP contribution in [0.15, 0.2) is 68.5 Å². The van der Waals surface area contributed by atoms with E-state index in [-0.39, 0.29) is 0 Å². The maximum atomic E-state index is 4.65. The van der Waals surface area contributed by atoms with Crippen molar-refractivity contribution in [3.63, 3.8) is 0 Å². The van der Waals surface area contributed by atoms with Gasteiger partial charge in [-0.25, -0.2) is 9.98 Å². The zero-order valence-electron chi connectivity index (χ0n) is 14.1. The zero-order valence-corrected chi connectivity index (χ0v) is 15.7. The van der Waals surface area contributed by atoms with Gasteiger partial charge >= 0.3 is 0 Å². The van der Waals surface area contributed by atoms with Crippen molar-refractivity contribution in [2.75, 3.05) is 5.75 Å². The van der Waals surface area contributed by atoms with Crippen molar-refractivity contribution in [2.45, 2.75) is 36.5 Å². The number of aliphatic imine (C=N–C) groups is 1. The Morgan fingerprint density at radius 1 is 1.25 bits per heavy atom. The van der Waals surface area contributed by atoms with Gasteiger partial charge in [-0.2, -0.15) is 0 Å². The Bertz CT molecular complexity index is 782. The average Bonchev–Trinajstić information content (AvgIpc) is 2.55. The summed E-state index contributed by atoms with van der Waals surface area (Å²) in [5, 5.41) is 5.41. The van der Waals surface area contributed by atoms with Crippen LogP contribution in [0.3, 0.4) is 0 Å². The molecule has 0 spiro atoms. The number of rotatable bonds is 4. The van der Waals surface area contributed by atoms with Gasteiger partial charge in [-0.05, 0) is 42.0 Å². The highest BCUT2D eigenvalue weighted by Gasteiger charge is 2.09. The second kappa shape index (κ2) is 7.90. The molecule has 1 aromatic heterocycles. The minimum Gasteiger partial charge on any atom is -0.346 e. The van der Waals surface area contributed by atoms with Crippen LogP contribution < -0.4 is 5.32 Å². The molecule has 0 aliphatic carbocycles. The van der Waals surface area contributed by atoms with E-state index in [1.807, 2.05) is 19.2 Å². The first-order chi connectivity index (χ1) is 11.6. The number of benzene rings is 1. The molecule has 0 bridgehead atoms. The predicted octanol–water partition coefficient (Wildman–Crippen LogP) is 5.58. The van der Waals surface area contributed by atoms with Crippen molar-refractivity contribution in [2.24, 2.45) is 4.99 Å². The van der Waals surface area contributed by atoms with Crippen LogP contribution in [0.5, 0.6) is 0 Å². The highest BCUT2D eigenvalue weighted by atomic mass is 32.2. The lowest BCUT2D eigenvalue weighted by Gasteiger charge is -2.14. The van der Waals surface area contributed by atoms with E-state index in [0.29, 0.717) is 5.92 Å². The smallest absolute Gasteiger partial charge is 0.154 e. The van der Waals surface area contributed by atoms with Crippen molar-refractivity contribution < 1.29 is 0 Å². The second-order valence-electron chi connectivity index (χ2n) is 5.94. The zero-order chi connectivity index (χ0) is 16.9. The van der Waals surface area contributed by atoms with E-state index in [0.717, 1.165) is 28.0 Å². The van der Waals surface area contributed by atoms with Crippen LogP contribution in [0.1, 0.15) is 32.3 Å². The minimum atomic E-state index is 0.508. The molecule has 1 aliphatic rings. The van der Waals surface area contributed by atoms with Crippen LogP contribution in [0, 0.1) is 0 Å². The quantitative estimate of drug-likeness (QED) is 0.776. The van der Waals surface area contributed by atoms with Crippen molar-refractivity contribution in [3.05, 3.63) is 59.3 Å². The SMILES string of the molecule is CC1=CSCC(=Nc2cc(Sc3ccccc3C(C)C)ccn2)N1. The molecule has 24 heavy (non-hydrogen) atoms. The molecule has 3 rings (SSSR count). The normalized spacial score (nSPS) is 16.2. The average molecular weight is 356 g/mol. The molecule has 0 unspecified atom stereocenters. The van der Waals surface area contributed by atoms with Gasteiger partial charge < -0.3 is 5.32 Å². The molecule has 1 N–H and O–H groups in total. The molecule has 0 fully saturated rings. The first-order valence-corrected chi connectivity index (χ1v) is 9.84. The van der Waals surface area contributed by atoms with E-state index in [4.69, 9.17) is 0 Å². The lowest BCUT2D eigenvalue weighted by molar-refractivity contribution is 0.842. The van der Waals surface area contributed by atoms with Gasteiger partial charge in [0.15, 0.2) is 5.82 Å². The van der Waals surface area contributed by atoms with E-state index in [9.17, 15) is 0 Å². The third-order valence-electron chi connectivity index (χ3n) is 3.56. The van der Waals surface area contributed by atoms with Crippen molar-refractivity contribution >= 4 is 35.2 Å². The highest BCUT2D eigenvalue weighted by Crippen LogP contribution is 2.34. The molecule has 0 amide bonds. The molecule has 0 saturated carbocycles. The molecule has 3 nitrogen and oxygen atoms in total. The van der Waals surface area contributed by atoms with Crippen LogP contribution in [0.25, 0.3) is 0 Å². The highest BCUT2D eigenvalue weighted by molar-refractivity contribution is 8.02. The van der Waals surface area contributed by atoms with Gasteiger partial charge in [0.1, 0.15) is 5.84 Å². The standard InChI is InChI=1S/C19H21N3S2/c1-13(2)16-6-4-5-7-17(16)24-15-8-9-20-18(10-15)22-19-12-23-11-14(3)21-19/h4-11,13H,12H2,1-3H3,(H,20,21,22). The van der Waals surface area contributed by atoms with Gasteiger partial charge in [-0.3, -0.25) is 0 Å². The molecule has 2 aromatic rings. The number of nitrogens with zero attached hydrogens (tertiary/aromatic N) is 2. The summed E-state index contributed by atoms with van der Waals surface area (Å²) in [6.07, 6.45) is 1.83. The lowest BCUT2D eigenvalue weighted by Crippen LogP contribution is -2.26. The van der Waals surface area contributed by atoms with Crippen LogP contribution in [0.2, 0.25) is 0 Å². The van der Waals surface area contributed by atoms with Gasteiger partial charge in [0.25, 0.3) is 0 Å². The minimum absolute atomic E-state index is 0.508. The Morgan fingerprint density at radius 2 is 2.08 bits per heavy atom. The fraction of sp³-hybridized carbons (Fsp3) is 0.263. The van der Waals surface area contributed by atoms with Crippen molar-refractivity contribution in [3.8, 4) is 0 Å². The van der Waals surface area contributed by atoms with E-state index in [1.165, 1.54) is 10.5 Å². The van der Waals surface area contributed by atoms with Crippen molar-refractivity contribution in [1.82, 2.24) is 10.3 Å². The fourth-order valence-electron chi connectivity index (χ4n) is 2.44. The van der Waals surface area contributed by atoms with E-state index >= 15 is 0 Å². The topological polar surface area (TPSA) is 37.3 Å². The van der Waals surface area contributed by atoms with Crippen LogP contribution >= 0.6 is 23.5 Å². The number of pyridine rings is 1. The van der Waals surface area contributed by atoms with Gasteiger partial charge in [0.05, 0.1) is 5.75 Å². The fourth-order valence-corrected chi connectivity index (χ4v) is 4.24. The molecule has 1 aromatic carbocycles. The Kier molecular flexibility index (Phi) is 5.63. The summed E-state index contributed by atoms with van der Waals surface area (Å²) >= 11 is 3.53. The maximum Gasteiger partial charge on any atom is 0.154 e. The summed E-state index contributed by atoms with van der Waals surface area (Å²) in [5.41, 5.74) is 2.50. The first kappa shape index (κ1) is 17.1. The van der Waals surface area contributed by atoms with Crippen LogP contribution in [0.4, 0.5) is 5.82 Å². The number of hydrogen-bond donors (Lipinski definition) is 1. The summed E-state index contributed by atoms with van der Waals surface area (Å²) in [4.78, 5) is 11.5. The summed E-state index contributed by atoms with van der Waals surface area (Å²) in [6.45, 7) is 6.50. The number of amidine groups is 1. The van der Waals surface area contributed by atoms with E-state index < -0.39 is 0 Å². The molecule has 5 heteroatoms. The molecule has 0 radical (unpaired) electrons. The number of allylic oxidation sites excluding steroid dienone is 1. The number of aromatic nitrogens is 1. The van der Waals surface area contributed by atoms with Gasteiger partial charge in [-0.1, -0.05) is 43.8 Å². The van der Waals surface area contributed by atoms with Crippen LogP contribution in [-0.4, -0.2) is 16.6 Å². The monoisotopic (exact) mass is 355 g/mol. The number of thioether (sulfide) groups is 1. The Hall–Kier alpha value is -1.72. The Morgan fingerprint density at radius 3 is 2.88 bits per heavy atom. The van der Waals surface area contributed by atoms with Crippen molar-refractivity contribution in [1.29, 1.82) is 0 Å². The van der Waals surface area contributed by atoms with Gasteiger partial charge in [0, 0.05) is 21.7 Å². The second-order valence-corrected chi connectivity index (χ2v) is 7.91. The third kappa shape index (κ3) is 4.42. The summed E-state index contributed by atoms with van der Waals surface area (Å²) in [6, 6.07) is 12.7.